The summed E-state index contributed by atoms with van der Waals surface area (Å²) in [6.07, 6.45) is 4.16. The van der Waals surface area contributed by atoms with E-state index < -0.39 is 0 Å². The lowest BCUT2D eigenvalue weighted by Crippen LogP contribution is -2.38. The Balaban J connectivity index is 1.76. The number of aromatic nitrogens is 2. The van der Waals surface area contributed by atoms with Crippen molar-refractivity contribution in [2.24, 2.45) is 0 Å². The smallest absolute Gasteiger partial charge is 0.134 e. The van der Waals surface area contributed by atoms with Crippen LogP contribution in [0.15, 0.2) is 12.4 Å². The van der Waals surface area contributed by atoms with Crippen molar-refractivity contribution in [1.29, 1.82) is 0 Å². The largest absolute Gasteiger partial charge is 0.356 e. The zero-order chi connectivity index (χ0) is 11.5. The molecule has 5 heteroatoms. The number of hydrogen-bond acceptors (Lipinski definition) is 5. The molecule has 2 aliphatic heterocycles. The molecule has 0 bridgehead atoms. The fourth-order valence-corrected chi connectivity index (χ4v) is 2.30. The average molecular weight is 233 g/mol. The lowest BCUT2D eigenvalue weighted by atomic mass is 10.2. The molecule has 0 atom stereocenters. The molecule has 1 aromatic rings. The molecular formula is C12H19N5. The van der Waals surface area contributed by atoms with Crippen molar-refractivity contribution in [2.75, 3.05) is 49.1 Å². The molecule has 0 radical (unpaired) electrons. The molecule has 3 rings (SSSR count). The Labute approximate surface area is 102 Å². The van der Waals surface area contributed by atoms with Crippen molar-refractivity contribution in [3.63, 3.8) is 0 Å². The average Bonchev–Trinajstić information content (AvgIpc) is 2.55. The van der Waals surface area contributed by atoms with E-state index in [0.717, 1.165) is 50.9 Å². The van der Waals surface area contributed by atoms with E-state index in [4.69, 9.17) is 0 Å². The Morgan fingerprint density at radius 2 is 1.59 bits per heavy atom. The topological polar surface area (TPSA) is 44.3 Å². The van der Waals surface area contributed by atoms with Crippen LogP contribution in [0.5, 0.6) is 0 Å². The highest BCUT2D eigenvalue weighted by Gasteiger charge is 2.18. The van der Waals surface area contributed by atoms with Gasteiger partial charge < -0.3 is 15.1 Å². The first-order chi connectivity index (χ1) is 8.43. The highest BCUT2D eigenvalue weighted by atomic mass is 15.3. The van der Waals surface area contributed by atoms with Crippen molar-refractivity contribution < 1.29 is 0 Å². The summed E-state index contributed by atoms with van der Waals surface area (Å²) in [6.45, 7) is 6.56. The van der Waals surface area contributed by atoms with E-state index >= 15 is 0 Å². The summed E-state index contributed by atoms with van der Waals surface area (Å²) in [7, 11) is 0. The van der Waals surface area contributed by atoms with E-state index in [0.29, 0.717) is 0 Å². The Hall–Kier alpha value is -1.36. The van der Waals surface area contributed by atoms with Crippen LogP contribution in [0.4, 0.5) is 11.6 Å². The quantitative estimate of drug-likeness (QED) is 0.805. The second kappa shape index (κ2) is 4.87. The van der Waals surface area contributed by atoms with E-state index in [1.807, 2.05) is 0 Å². The third-order valence-corrected chi connectivity index (χ3v) is 3.48. The lowest BCUT2D eigenvalue weighted by Gasteiger charge is -2.32. The summed E-state index contributed by atoms with van der Waals surface area (Å²) in [6, 6.07) is 2.13. The normalized spacial score (nSPS) is 20.9. The van der Waals surface area contributed by atoms with Gasteiger partial charge in [-0.1, -0.05) is 0 Å². The molecule has 92 valence electrons. The Kier molecular flexibility index (Phi) is 3.09. The lowest BCUT2D eigenvalue weighted by molar-refractivity contribution is 0.608. The molecule has 0 saturated carbocycles. The fraction of sp³-hybridized carbons (Fsp3) is 0.667. The molecule has 0 spiro atoms. The molecule has 5 nitrogen and oxygen atoms in total. The second-order valence-corrected chi connectivity index (χ2v) is 4.67. The minimum atomic E-state index is 1.04. The number of nitrogens with one attached hydrogen (secondary N) is 1. The van der Waals surface area contributed by atoms with Gasteiger partial charge in [-0.25, -0.2) is 9.97 Å². The van der Waals surface area contributed by atoms with Gasteiger partial charge in [0.1, 0.15) is 18.0 Å². The van der Waals surface area contributed by atoms with Gasteiger partial charge in [0.05, 0.1) is 0 Å². The standard InChI is InChI=1S/C12H19N5/c1-3-13-4-8-17(5-1)12-9-11(14-10-15-12)16-6-2-7-16/h9-10,13H,1-8H2. The van der Waals surface area contributed by atoms with Gasteiger partial charge in [-0.3, -0.25) is 0 Å². The van der Waals surface area contributed by atoms with Crippen LogP contribution in [0.2, 0.25) is 0 Å². The fourth-order valence-electron chi connectivity index (χ4n) is 2.30. The van der Waals surface area contributed by atoms with Gasteiger partial charge in [0.15, 0.2) is 0 Å². The van der Waals surface area contributed by atoms with Crippen LogP contribution in [0.1, 0.15) is 12.8 Å². The van der Waals surface area contributed by atoms with E-state index in [-0.39, 0.29) is 0 Å². The van der Waals surface area contributed by atoms with Crippen molar-refractivity contribution >= 4 is 11.6 Å². The molecule has 2 fully saturated rings. The minimum Gasteiger partial charge on any atom is -0.356 e. The highest BCUT2D eigenvalue weighted by Crippen LogP contribution is 2.21. The van der Waals surface area contributed by atoms with Crippen LogP contribution < -0.4 is 15.1 Å². The van der Waals surface area contributed by atoms with Gasteiger partial charge in [-0.15, -0.1) is 0 Å². The summed E-state index contributed by atoms with van der Waals surface area (Å²) in [5.41, 5.74) is 0. The summed E-state index contributed by atoms with van der Waals surface area (Å²) in [5, 5.41) is 3.41. The van der Waals surface area contributed by atoms with Crippen LogP contribution in [0.25, 0.3) is 0 Å². The van der Waals surface area contributed by atoms with E-state index in [9.17, 15) is 0 Å². The highest BCUT2D eigenvalue weighted by molar-refractivity contribution is 5.51. The van der Waals surface area contributed by atoms with E-state index in [1.54, 1.807) is 6.33 Å². The molecular weight excluding hydrogens is 214 g/mol. The number of nitrogens with zero attached hydrogens (tertiary/aromatic N) is 4. The molecule has 2 aliphatic rings. The van der Waals surface area contributed by atoms with E-state index in [2.05, 4.69) is 31.2 Å². The third kappa shape index (κ3) is 2.34. The van der Waals surface area contributed by atoms with Gasteiger partial charge >= 0.3 is 0 Å². The summed E-state index contributed by atoms with van der Waals surface area (Å²) in [4.78, 5) is 13.4. The minimum absolute atomic E-state index is 1.04. The Morgan fingerprint density at radius 1 is 0.882 bits per heavy atom. The number of anilines is 2. The molecule has 1 N–H and O–H groups in total. The first-order valence-electron chi connectivity index (χ1n) is 6.46. The predicted octanol–water partition coefficient (Wildman–Crippen LogP) is 0.486. The van der Waals surface area contributed by atoms with Crippen molar-refractivity contribution in [1.82, 2.24) is 15.3 Å². The van der Waals surface area contributed by atoms with Gasteiger partial charge in [-0.05, 0) is 19.4 Å². The zero-order valence-electron chi connectivity index (χ0n) is 10.1. The van der Waals surface area contributed by atoms with Crippen LogP contribution in [0.3, 0.4) is 0 Å². The van der Waals surface area contributed by atoms with E-state index in [1.165, 1.54) is 12.8 Å². The van der Waals surface area contributed by atoms with Gasteiger partial charge in [0, 0.05) is 38.8 Å². The predicted molar refractivity (Wildman–Crippen MR) is 68.6 cm³/mol. The molecule has 0 unspecified atom stereocenters. The van der Waals surface area contributed by atoms with Gasteiger partial charge in [0.2, 0.25) is 0 Å². The molecule has 0 aromatic carbocycles. The van der Waals surface area contributed by atoms with Crippen molar-refractivity contribution in [2.45, 2.75) is 12.8 Å². The maximum absolute atomic E-state index is 4.41. The second-order valence-electron chi connectivity index (χ2n) is 4.67. The molecule has 2 saturated heterocycles. The number of hydrogen-bond donors (Lipinski definition) is 1. The Morgan fingerprint density at radius 3 is 2.29 bits per heavy atom. The third-order valence-electron chi connectivity index (χ3n) is 3.48. The molecule has 0 amide bonds. The molecule has 17 heavy (non-hydrogen) atoms. The summed E-state index contributed by atoms with van der Waals surface area (Å²) >= 11 is 0. The van der Waals surface area contributed by atoms with Crippen molar-refractivity contribution in [3.05, 3.63) is 12.4 Å². The molecule has 0 aliphatic carbocycles. The maximum atomic E-state index is 4.41. The first-order valence-corrected chi connectivity index (χ1v) is 6.46. The van der Waals surface area contributed by atoms with Crippen LogP contribution in [-0.4, -0.2) is 49.2 Å². The van der Waals surface area contributed by atoms with Gasteiger partial charge in [-0.2, -0.15) is 0 Å². The Bertz CT molecular complexity index is 369. The van der Waals surface area contributed by atoms with Crippen LogP contribution in [0, 0.1) is 0 Å². The van der Waals surface area contributed by atoms with Crippen LogP contribution in [-0.2, 0) is 0 Å². The SMILES string of the molecule is c1nc(N2CCC2)cc(N2CCCNCC2)n1. The monoisotopic (exact) mass is 233 g/mol. The zero-order valence-corrected chi connectivity index (χ0v) is 10.1. The van der Waals surface area contributed by atoms with Crippen LogP contribution >= 0.6 is 0 Å². The number of rotatable bonds is 2. The van der Waals surface area contributed by atoms with Gasteiger partial charge in [0.25, 0.3) is 0 Å². The first kappa shape index (κ1) is 10.8. The molecule has 1 aromatic heterocycles. The van der Waals surface area contributed by atoms with Crippen molar-refractivity contribution in [3.8, 4) is 0 Å². The summed E-state index contributed by atoms with van der Waals surface area (Å²) in [5.74, 6) is 2.16. The summed E-state index contributed by atoms with van der Waals surface area (Å²) < 4.78 is 0. The molecule has 3 heterocycles. The maximum Gasteiger partial charge on any atom is 0.134 e.